The quantitative estimate of drug-likeness (QED) is 0.456. The van der Waals surface area contributed by atoms with Crippen molar-refractivity contribution in [2.75, 3.05) is 50.8 Å². The zero-order chi connectivity index (χ0) is 23.9. The first-order valence-corrected chi connectivity index (χ1v) is 12.4. The lowest BCUT2D eigenvalue weighted by Crippen LogP contribution is -2.48. The number of nitrogens with zero attached hydrogens (tertiary/aromatic N) is 6. The monoisotopic (exact) mass is 478 g/mol. The van der Waals surface area contributed by atoms with Gasteiger partial charge in [-0.05, 0) is 32.0 Å². The highest BCUT2D eigenvalue weighted by atomic mass is 19.1. The Morgan fingerprint density at radius 3 is 2.77 bits per heavy atom. The van der Waals surface area contributed by atoms with E-state index in [1.165, 1.54) is 6.07 Å². The van der Waals surface area contributed by atoms with E-state index in [1.807, 2.05) is 12.3 Å². The second-order valence-corrected chi connectivity index (χ2v) is 9.37. The van der Waals surface area contributed by atoms with Crippen LogP contribution < -0.4 is 10.2 Å². The smallest absolute Gasteiger partial charge is 0.167 e. The van der Waals surface area contributed by atoms with Crippen LogP contribution >= 0.6 is 0 Å². The minimum atomic E-state index is -0.332. The summed E-state index contributed by atoms with van der Waals surface area (Å²) in [4.78, 5) is 22.7. The fourth-order valence-electron chi connectivity index (χ4n) is 5.28. The number of anilines is 1. The highest BCUT2D eigenvalue weighted by Gasteiger charge is 2.26. The number of rotatable bonds is 5. The Kier molecular flexibility index (Phi) is 5.87. The molecular formula is C25H31FN8O. The Labute approximate surface area is 203 Å². The molecule has 2 aliphatic heterocycles. The topological polar surface area (TPSA) is 87.1 Å². The highest BCUT2D eigenvalue weighted by molar-refractivity contribution is 5.95. The second-order valence-electron chi connectivity index (χ2n) is 9.37. The second kappa shape index (κ2) is 9.18. The molecule has 0 amide bonds. The maximum Gasteiger partial charge on any atom is 0.167 e. The summed E-state index contributed by atoms with van der Waals surface area (Å²) in [6, 6.07) is 5.55. The normalized spacial score (nSPS) is 19.7. The Morgan fingerprint density at radius 1 is 1.11 bits per heavy atom. The van der Waals surface area contributed by atoms with E-state index in [-0.39, 0.29) is 5.82 Å². The number of hydrogen-bond acceptors (Lipinski definition) is 7. The SMILES string of the molecule is CCn1c(CN2CCN[C@@H](C)C2)nc2c(N3CCOCC3)nc(-c3c(F)ccc4[nH]ccc34)nc21. The molecule has 0 bridgehead atoms. The van der Waals surface area contributed by atoms with Gasteiger partial charge in [0.15, 0.2) is 22.8 Å². The Morgan fingerprint density at radius 2 is 1.97 bits per heavy atom. The van der Waals surface area contributed by atoms with Gasteiger partial charge in [0.1, 0.15) is 11.6 Å². The maximum absolute atomic E-state index is 15.2. The summed E-state index contributed by atoms with van der Waals surface area (Å²) in [6.07, 6.45) is 1.82. The number of aryl methyl sites for hydroxylation is 1. The lowest BCUT2D eigenvalue weighted by molar-refractivity contribution is 0.122. The van der Waals surface area contributed by atoms with Gasteiger partial charge in [-0.3, -0.25) is 4.90 Å². The summed E-state index contributed by atoms with van der Waals surface area (Å²) in [5, 5.41) is 4.27. The first kappa shape index (κ1) is 22.4. The van der Waals surface area contributed by atoms with Gasteiger partial charge in [0.25, 0.3) is 0 Å². The first-order chi connectivity index (χ1) is 17.1. The third kappa shape index (κ3) is 4.05. The zero-order valence-electron chi connectivity index (χ0n) is 20.2. The van der Waals surface area contributed by atoms with Crippen molar-refractivity contribution in [1.82, 2.24) is 34.7 Å². The molecule has 2 saturated heterocycles. The molecule has 5 heterocycles. The molecule has 0 spiro atoms. The number of halogens is 1. The van der Waals surface area contributed by atoms with Crippen LogP contribution in [0.15, 0.2) is 24.4 Å². The van der Waals surface area contributed by atoms with E-state index in [2.05, 4.69) is 38.5 Å². The van der Waals surface area contributed by atoms with Crippen LogP contribution in [0.25, 0.3) is 33.5 Å². The van der Waals surface area contributed by atoms with E-state index in [1.54, 1.807) is 6.07 Å². The number of aromatic amines is 1. The molecule has 1 aromatic carbocycles. The number of morpholine rings is 1. The first-order valence-electron chi connectivity index (χ1n) is 12.4. The van der Waals surface area contributed by atoms with Gasteiger partial charge in [-0.25, -0.2) is 19.3 Å². The van der Waals surface area contributed by atoms with Crippen LogP contribution in [0.2, 0.25) is 0 Å². The molecule has 0 radical (unpaired) electrons. The average molecular weight is 479 g/mol. The Hall–Kier alpha value is -3.08. The number of aromatic nitrogens is 5. The molecule has 2 N–H and O–H groups in total. The van der Waals surface area contributed by atoms with Crippen molar-refractivity contribution in [2.45, 2.75) is 33.0 Å². The van der Waals surface area contributed by atoms with E-state index in [9.17, 15) is 0 Å². The third-order valence-corrected chi connectivity index (χ3v) is 7.01. The fraction of sp³-hybridized carbons (Fsp3) is 0.480. The molecule has 6 rings (SSSR count). The number of nitrogens with one attached hydrogen (secondary N) is 2. The standard InChI is InChI=1S/C25H31FN8O/c1-3-34-20(15-32-9-8-27-16(2)14-32)29-22-24(33-10-12-35-13-11-33)30-23(31-25(22)34)21-17-6-7-28-19(17)5-4-18(21)26/h4-7,16,27-28H,3,8-15H2,1-2H3/t16-/m0/s1. The maximum atomic E-state index is 15.2. The van der Waals surface area contributed by atoms with Gasteiger partial charge in [-0.15, -0.1) is 0 Å². The minimum Gasteiger partial charge on any atom is -0.378 e. The summed E-state index contributed by atoms with van der Waals surface area (Å²) in [5.41, 5.74) is 2.80. The van der Waals surface area contributed by atoms with E-state index >= 15 is 4.39 Å². The molecule has 1 atom stereocenters. The van der Waals surface area contributed by atoms with E-state index in [0.717, 1.165) is 66.4 Å². The van der Waals surface area contributed by atoms with Crippen LogP contribution in [-0.2, 0) is 17.8 Å². The molecule has 2 aliphatic rings. The number of benzene rings is 1. The van der Waals surface area contributed by atoms with E-state index < -0.39 is 0 Å². The molecule has 0 unspecified atom stereocenters. The van der Waals surface area contributed by atoms with Crippen molar-refractivity contribution in [3.8, 4) is 11.4 Å². The molecule has 2 fully saturated rings. The summed E-state index contributed by atoms with van der Waals surface area (Å²) in [7, 11) is 0. The van der Waals surface area contributed by atoms with Crippen molar-refractivity contribution in [2.24, 2.45) is 0 Å². The van der Waals surface area contributed by atoms with Gasteiger partial charge in [-0.1, -0.05) is 0 Å². The molecular weight excluding hydrogens is 447 g/mol. The highest BCUT2D eigenvalue weighted by Crippen LogP contribution is 2.33. The van der Waals surface area contributed by atoms with Crippen LogP contribution in [0.1, 0.15) is 19.7 Å². The van der Waals surface area contributed by atoms with Crippen LogP contribution in [0, 0.1) is 5.82 Å². The lowest BCUT2D eigenvalue weighted by Gasteiger charge is -2.31. The van der Waals surface area contributed by atoms with Crippen molar-refractivity contribution >= 4 is 27.9 Å². The van der Waals surface area contributed by atoms with Crippen LogP contribution in [0.3, 0.4) is 0 Å². The average Bonchev–Trinajstić information content (AvgIpc) is 3.48. The zero-order valence-corrected chi connectivity index (χ0v) is 20.2. The lowest BCUT2D eigenvalue weighted by atomic mass is 10.1. The van der Waals surface area contributed by atoms with Gasteiger partial charge in [0, 0.05) is 62.4 Å². The predicted octanol–water partition coefficient (Wildman–Crippen LogP) is 2.76. The molecule has 184 valence electrons. The van der Waals surface area contributed by atoms with Gasteiger partial charge < -0.3 is 24.5 Å². The van der Waals surface area contributed by atoms with Gasteiger partial charge in [-0.2, -0.15) is 0 Å². The summed E-state index contributed by atoms with van der Waals surface area (Å²) >= 11 is 0. The van der Waals surface area contributed by atoms with Gasteiger partial charge >= 0.3 is 0 Å². The van der Waals surface area contributed by atoms with Crippen molar-refractivity contribution in [1.29, 1.82) is 0 Å². The number of ether oxygens (including phenoxy) is 1. The molecule has 35 heavy (non-hydrogen) atoms. The largest absolute Gasteiger partial charge is 0.378 e. The summed E-state index contributed by atoms with van der Waals surface area (Å²) in [6.45, 7) is 11.4. The molecule has 0 aliphatic carbocycles. The molecule has 4 aromatic rings. The van der Waals surface area contributed by atoms with E-state index in [0.29, 0.717) is 43.7 Å². The molecule has 3 aromatic heterocycles. The molecule has 9 nitrogen and oxygen atoms in total. The van der Waals surface area contributed by atoms with Crippen LogP contribution in [0.4, 0.5) is 10.2 Å². The van der Waals surface area contributed by atoms with Crippen molar-refractivity contribution < 1.29 is 9.13 Å². The van der Waals surface area contributed by atoms with Crippen LogP contribution in [0.5, 0.6) is 0 Å². The third-order valence-electron chi connectivity index (χ3n) is 7.01. The van der Waals surface area contributed by atoms with Gasteiger partial charge in [0.05, 0.1) is 25.3 Å². The molecule has 10 heteroatoms. The Bertz CT molecular complexity index is 1360. The van der Waals surface area contributed by atoms with Crippen molar-refractivity contribution in [3.05, 3.63) is 36.0 Å². The summed E-state index contributed by atoms with van der Waals surface area (Å²) < 4.78 is 23.0. The molecule has 0 saturated carbocycles. The van der Waals surface area contributed by atoms with Crippen molar-refractivity contribution in [3.63, 3.8) is 0 Å². The van der Waals surface area contributed by atoms with Crippen LogP contribution in [-0.4, -0.2) is 81.4 Å². The number of H-pyrrole nitrogens is 1. The Balaban J connectivity index is 1.53. The number of hydrogen-bond donors (Lipinski definition) is 2. The summed E-state index contributed by atoms with van der Waals surface area (Å²) in [5.74, 6) is 1.78. The fourth-order valence-corrected chi connectivity index (χ4v) is 5.28. The number of piperazine rings is 1. The minimum absolute atomic E-state index is 0.332. The number of imidazole rings is 1. The number of fused-ring (bicyclic) bond motifs is 2. The van der Waals surface area contributed by atoms with E-state index in [4.69, 9.17) is 19.7 Å². The van der Waals surface area contributed by atoms with Gasteiger partial charge in [0.2, 0.25) is 0 Å². The predicted molar refractivity (Wildman–Crippen MR) is 134 cm³/mol.